The molecule has 0 radical (unpaired) electrons. The summed E-state index contributed by atoms with van der Waals surface area (Å²) < 4.78 is 5.31. The van der Waals surface area contributed by atoms with Crippen LogP contribution in [-0.4, -0.2) is 16.1 Å². The Hall–Kier alpha value is -1.62. The second-order valence-electron chi connectivity index (χ2n) is 4.96. The van der Waals surface area contributed by atoms with Crippen LogP contribution in [0.4, 0.5) is 0 Å². The minimum Gasteiger partial charge on any atom is -0.481 e. The zero-order valence-electron chi connectivity index (χ0n) is 10.5. The molecule has 1 fully saturated rings. The molecule has 0 unspecified atom stereocenters. The molecule has 1 aliphatic carbocycles. The number of aromatic nitrogens is 1. The number of rotatable bonds is 3. The molecule has 1 N–H and O–H groups in total. The predicted molar refractivity (Wildman–Crippen MR) is 72.2 cm³/mol. The van der Waals surface area contributed by atoms with Crippen LogP contribution in [0.3, 0.4) is 0 Å². The molecule has 0 atom stereocenters. The summed E-state index contributed by atoms with van der Waals surface area (Å²) >= 11 is 1.45. The van der Waals surface area contributed by atoms with Gasteiger partial charge in [0, 0.05) is 5.38 Å². The van der Waals surface area contributed by atoms with Crippen molar-refractivity contribution in [3.63, 3.8) is 0 Å². The molecule has 3 rings (SSSR count). The lowest BCUT2D eigenvalue weighted by atomic mass is 9.72. The Morgan fingerprint density at radius 1 is 1.37 bits per heavy atom. The van der Waals surface area contributed by atoms with Gasteiger partial charge in [0.1, 0.15) is 5.41 Å². The van der Waals surface area contributed by atoms with Crippen LogP contribution in [0.25, 0.3) is 10.8 Å². The number of nitrogens with zero attached hydrogens (tertiary/aromatic N) is 1. The first-order valence-corrected chi connectivity index (χ1v) is 7.34. The van der Waals surface area contributed by atoms with Gasteiger partial charge in [0.15, 0.2) is 10.8 Å². The molecule has 0 spiro atoms. The minimum absolute atomic E-state index is 0.684. The van der Waals surface area contributed by atoms with Gasteiger partial charge in [-0.25, -0.2) is 4.98 Å². The second-order valence-corrected chi connectivity index (χ2v) is 5.82. The smallest absolute Gasteiger partial charge is 0.315 e. The van der Waals surface area contributed by atoms with Crippen LogP contribution in [0.1, 0.15) is 37.8 Å². The van der Waals surface area contributed by atoms with Gasteiger partial charge >= 0.3 is 5.97 Å². The zero-order valence-corrected chi connectivity index (χ0v) is 11.3. The number of furan rings is 1. The van der Waals surface area contributed by atoms with Crippen LogP contribution in [0.15, 0.2) is 28.2 Å². The van der Waals surface area contributed by atoms with Crippen LogP contribution in [-0.2, 0) is 10.2 Å². The second kappa shape index (κ2) is 4.81. The fourth-order valence-corrected chi connectivity index (χ4v) is 3.63. The van der Waals surface area contributed by atoms with Crippen LogP contribution in [0, 0.1) is 0 Å². The van der Waals surface area contributed by atoms with E-state index in [9.17, 15) is 9.90 Å². The van der Waals surface area contributed by atoms with Crippen molar-refractivity contribution < 1.29 is 14.3 Å². The highest BCUT2D eigenvalue weighted by atomic mass is 32.1. The Bertz CT molecular complexity index is 567. The molecule has 2 aromatic rings. The van der Waals surface area contributed by atoms with Crippen molar-refractivity contribution in [2.75, 3.05) is 0 Å². The van der Waals surface area contributed by atoms with Crippen molar-refractivity contribution >= 4 is 17.3 Å². The van der Waals surface area contributed by atoms with E-state index in [0.717, 1.165) is 24.3 Å². The lowest BCUT2D eigenvalue weighted by molar-refractivity contribution is -0.145. The van der Waals surface area contributed by atoms with Crippen molar-refractivity contribution in [3.8, 4) is 10.8 Å². The average Bonchev–Trinajstić information content (AvgIpc) is 3.10. The first-order chi connectivity index (χ1) is 9.22. The summed E-state index contributed by atoms with van der Waals surface area (Å²) in [6.45, 7) is 0. The predicted octanol–water partition coefficient (Wildman–Crippen LogP) is 3.69. The third-order valence-corrected chi connectivity index (χ3v) is 4.70. The fourth-order valence-electron chi connectivity index (χ4n) is 2.74. The number of carbonyl (C=O) groups is 1. The molecule has 0 saturated heterocycles. The Labute approximate surface area is 115 Å². The molecule has 1 aliphatic rings. The number of hydrogen-bond donors (Lipinski definition) is 1. The Kier molecular flexibility index (Phi) is 3.14. The highest BCUT2D eigenvalue weighted by Gasteiger charge is 2.43. The molecule has 0 aromatic carbocycles. The molecule has 100 valence electrons. The first kappa shape index (κ1) is 12.4. The van der Waals surface area contributed by atoms with Crippen LogP contribution >= 0.6 is 11.3 Å². The standard InChI is InChI=1S/C14H15NO3S/c16-13(17)14(6-2-1-3-7-14)11-9-19-12(15-11)10-5-4-8-18-10/h4-5,8-9H,1-3,6-7H2,(H,16,17). The molecule has 2 aromatic heterocycles. The highest BCUT2D eigenvalue weighted by molar-refractivity contribution is 7.13. The molecule has 0 bridgehead atoms. The van der Waals surface area contributed by atoms with E-state index in [0.29, 0.717) is 24.3 Å². The molecule has 2 heterocycles. The maximum absolute atomic E-state index is 11.7. The van der Waals surface area contributed by atoms with Gasteiger partial charge < -0.3 is 9.52 Å². The summed E-state index contributed by atoms with van der Waals surface area (Å²) in [5.41, 5.74) is -0.101. The lowest BCUT2D eigenvalue weighted by Gasteiger charge is -2.31. The number of thiazole rings is 1. The van der Waals surface area contributed by atoms with Gasteiger partial charge in [0.2, 0.25) is 0 Å². The number of carboxylic acid groups (broad SMARTS) is 1. The number of hydrogen-bond acceptors (Lipinski definition) is 4. The van der Waals surface area contributed by atoms with E-state index in [1.165, 1.54) is 11.3 Å². The lowest BCUT2D eigenvalue weighted by Crippen LogP contribution is -2.38. The van der Waals surface area contributed by atoms with Gasteiger partial charge in [-0.05, 0) is 25.0 Å². The van der Waals surface area contributed by atoms with Crippen molar-refractivity contribution in [3.05, 3.63) is 29.5 Å². The maximum atomic E-state index is 11.7. The van der Waals surface area contributed by atoms with Gasteiger partial charge in [-0.15, -0.1) is 11.3 Å². The largest absolute Gasteiger partial charge is 0.481 e. The fraction of sp³-hybridized carbons (Fsp3) is 0.429. The molecule has 0 aliphatic heterocycles. The van der Waals surface area contributed by atoms with E-state index in [2.05, 4.69) is 4.98 Å². The van der Waals surface area contributed by atoms with Gasteiger partial charge in [-0.3, -0.25) is 4.79 Å². The number of aliphatic carboxylic acids is 1. The summed E-state index contributed by atoms with van der Waals surface area (Å²) in [6.07, 6.45) is 6.00. The Morgan fingerprint density at radius 2 is 2.16 bits per heavy atom. The van der Waals surface area contributed by atoms with Crippen molar-refractivity contribution in [1.29, 1.82) is 0 Å². The molecule has 5 heteroatoms. The Balaban J connectivity index is 1.98. The third-order valence-electron chi connectivity index (χ3n) is 3.84. The van der Waals surface area contributed by atoms with Crippen molar-refractivity contribution in [1.82, 2.24) is 4.98 Å². The van der Waals surface area contributed by atoms with Crippen LogP contribution < -0.4 is 0 Å². The van der Waals surface area contributed by atoms with Crippen LogP contribution in [0.2, 0.25) is 0 Å². The van der Waals surface area contributed by atoms with Crippen molar-refractivity contribution in [2.45, 2.75) is 37.5 Å². The molecular formula is C14H15NO3S. The molecule has 19 heavy (non-hydrogen) atoms. The van der Waals surface area contributed by atoms with Gasteiger partial charge in [-0.1, -0.05) is 19.3 Å². The minimum atomic E-state index is -0.792. The van der Waals surface area contributed by atoms with Crippen LogP contribution in [0.5, 0.6) is 0 Å². The summed E-state index contributed by atoms with van der Waals surface area (Å²) in [6, 6.07) is 3.65. The molecular weight excluding hydrogens is 262 g/mol. The average molecular weight is 277 g/mol. The monoisotopic (exact) mass is 277 g/mol. The topological polar surface area (TPSA) is 63.3 Å². The van der Waals surface area contributed by atoms with E-state index in [-0.39, 0.29) is 0 Å². The van der Waals surface area contributed by atoms with E-state index in [4.69, 9.17) is 4.42 Å². The van der Waals surface area contributed by atoms with E-state index < -0.39 is 11.4 Å². The molecule has 4 nitrogen and oxygen atoms in total. The Morgan fingerprint density at radius 3 is 2.79 bits per heavy atom. The van der Waals surface area contributed by atoms with Gasteiger partial charge in [-0.2, -0.15) is 0 Å². The molecule has 1 saturated carbocycles. The summed E-state index contributed by atoms with van der Waals surface area (Å²) in [7, 11) is 0. The quantitative estimate of drug-likeness (QED) is 0.929. The van der Waals surface area contributed by atoms with Crippen molar-refractivity contribution in [2.24, 2.45) is 0 Å². The maximum Gasteiger partial charge on any atom is 0.315 e. The summed E-state index contributed by atoms with van der Waals surface area (Å²) in [4.78, 5) is 16.2. The summed E-state index contributed by atoms with van der Waals surface area (Å²) in [5, 5.41) is 12.3. The normalized spacial score (nSPS) is 18.3. The highest BCUT2D eigenvalue weighted by Crippen LogP contribution is 2.41. The van der Waals surface area contributed by atoms with E-state index in [1.807, 2.05) is 17.5 Å². The van der Waals surface area contributed by atoms with E-state index >= 15 is 0 Å². The zero-order chi connectivity index (χ0) is 13.3. The number of carboxylic acids is 1. The van der Waals surface area contributed by atoms with Gasteiger partial charge in [0.25, 0.3) is 0 Å². The SMILES string of the molecule is O=C(O)C1(c2csc(-c3ccco3)n2)CCCCC1. The first-order valence-electron chi connectivity index (χ1n) is 6.46. The van der Waals surface area contributed by atoms with Gasteiger partial charge in [0.05, 0.1) is 12.0 Å². The third kappa shape index (κ3) is 2.08. The van der Waals surface area contributed by atoms with E-state index in [1.54, 1.807) is 6.26 Å². The molecule has 0 amide bonds. The summed E-state index contributed by atoms with van der Waals surface area (Å²) in [5.74, 6) is -0.0453.